The zero-order valence-electron chi connectivity index (χ0n) is 20.2. The Hall–Kier alpha value is -3.49. The van der Waals surface area contributed by atoms with Gasteiger partial charge in [-0.1, -0.05) is 31.4 Å². The van der Waals surface area contributed by atoms with Gasteiger partial charge in [0.05, 0.1) is 0 Å². The van der Waals surface area contributed by atoms with Crippen molar-refractivity contribution >= 4 is 17.5 Å². The van der Waals surface area contributed by atoms with Crippen molar-refractivity contribution in [2.24, 2.45) is 0 Å². The Morgan fingerprint density at radius 2 is 1.91 bits per heavy atom. The van der Waals surface area contributed by atoms with Gasteiger partial charge in [0.2, 0.25) is 11.7 Å². The first-order valence-corrected chi connectivity index (χ1v) is 12.6. The van der Waals surface area contributed by atoms with Gasteiger partial charge in [-0.25, -0.2) is 0 Å². The van der Waals surface area contributed by atoms with Crippen molar-refractivity contribution < 1.29 is 14.0 Å². The molecule has 0 spiro atoms. The van der Waals surface area contributed by atoms with Gasteiger partial charge in [-0.05, 0) is 80.0 Å². The van der Waals surface area contributed by atoms with E-state index in [4.69, 9.17) is 4.42 Å². The van der Waals surface area contributed by atoms with Crippen LogP contribution in [0.25, 0.3) is 11.6 Å². The zero-order chi connectivity index (χ0) is 24.2. The van der Waals surface area contributed by atoms with E-state index in [1.54, 1.807) is 11.0 Å². The summed E-state index contributed by atoms with van der Waals surface area (Å²) in [6.45, 7) is 1.70. The summed E-state index contributed by atoms with van der Waals surface area (Å²) in [4.78, 5) is 29.5. The lowest BCUT2D eigenvalue weighted by Crippen LogP contribution is -2.46. The molecule has 9 nitrogen and oxygen atoms in total. The molecule has 2 amide bonds. The summed E-state index contributed by atoms with van der Waals surface area (Å²) < 4.78 is 5.57. The van der Waals surface area contributed by atoms with Gasteiger partial charge in [0.1, 0.15) is 18.8 Å². The van der Waals surface area contributed by atoms with Gasteiger partial charge in [-0.15, -0.1) is 10.2 Å². The molecule has 0 aliphatic heterocycles. The fourth-order valence-electron chi connectivity index (χ4n) is 5.16. The van der Waals surface area contributed by atoms with Crippen LogP contribution in [0.15, 0.2) is 34.7 Å². The fraction of sp³-hybridized carbons (Fsp3) is 0.500. The third-order valence-electron chi connectivity index (χ3n) is 6.93. The molecule has 1 aromatic carbocycles. The quantitative estimate of drug-likeness (QED) is 0.558. The number of furan rings is 1. The van der Waals surface area contributed by atoms with Crippen molar-refractivity contribution in [2.75, 3.05) is 11.4 Å². The molecule has 1 saturated carbocycles. The van der Waals surface area contributed by atoms with Gasteiger partial charge in [0.15, 0.2) is 5.76 Å². The van der Waals surface area contributed by atoms with E-state index in [2.05, 4.69) is 26.8 Å². The molecule has 35 heavy (non-hydrogen) atoms. The average molecular weight is 477 g/mol. The number of anilines is 1. The van der Waals surface area contributed by atoms with Crippen LogP contribution in [0.4, 0.5) is 5.69 Å². The molecule has 0 saturated heterocycles. The Morgan fingerprint density at radius 1 is 1.09 bits per heavy atom. The SMILES string of the molecule is Cc1ccc(-c2nnn(CC(=O)N(CC(=O)NC3CCCCC3)c3cccc4c3CCCC4)n2)o1. The van der Waals surface area contributed by atoms with Crippen LogP contribution in [0.2, 0.25) is 0 Å². The van der Waals surface area contributed by atoms with E-state index < -0.39 is 0 Å². The maximum atomic E-state index is 13.6. The van der Waals surface area contributed by atoms with Crippen molar-refractivity contribution in [1.29, 1.82) is 0 Å². The topological polar surface area (TPSA) is 106 Å². The summed E-state index contributed by atoms with van der Waals surface area (Å²) in [7, 11) is 0. The summed E-state index contributed by atoms with van der Waals surface area (Å²) >= 11 is 0. The van der Waals surface area contributed by atoms with Crippen molar-refractivity contribution in [3.63, 3.8) is 0 Å². The number of carbonyl (C=O) groups is 2. The number of aryl methyl sites for hydroxylation is 2. The molecule has 0 atom stereocenters. The molecule has 1 N–H and O–H groups in total. The molecular formula is C26H32N6O3. The minimum absolute atomic E-state index is 0.0231. The number of carbonyl (C=O) groups excluding carboxylic acids is 2. The first-order valence-electron chi connectivity index (χ1n) is 12.6. The predicted molar refractivity (Wildman–Crippen MR) is 131 cm³/mol. The first-order chi connectivity index (χ1) is 17.1. The van der Waals surface area contributed by atoms with Crippen LogP contribution >= 0.6 is 0 Å². The van der Waals surface area contributed by atoms with Crippen LogP contribution in [-0.4, -0.2) is 44.6 Å². The van der Waals surface area contributed by atoms with E-state index in [0.717, 1.165) is 68.4 Å². The molecule has 184 valence electrons. The lowest BCUT2D eigenvalue weighted by atomic mass is 9.90. The lowest BCUT2D eigenvalue weighted by molar-refractivity contribution is -0.124. The van der Waals surface area contributed by atoms with Gasteiger partial charge in [-0.2, -0.15) is 4.80 Å². The molecule has 3 aromatic rings. The number of aromatic nitrogens is 4. The Bertz CT molecular complexity index is 1190. The number of rotatable bonds is 7. The van der Waals surface area contributed by atoms with Gasteiger partial charge in [0, 0.05) is 11.7 Å². The fourth-order valence-corrected chi connectivity index (χ4v) is 5.16. The minimum Gasteiger partial charge on any atom is -0.458 e. The highest BCUT2D eigenvalue weighted by Crippen LogP contribution is 2.31. The van der Waals surface area contributed by atoms with Crippen molar-refractivity contribution in [2.45, 2.75) is 77.3 Å². The average Bonchev–Trinajstić information content (AvgIpc) is 3.51. The minimum atomic E-state index is -0.248. The number of nitrogens with one attached hydrogen (secondary N) is 1. The number of amides is 2. The second kappa shape index (κ2) is 10.4. The van der Waals surface area contributed by atoms with Crippen LogP contribution in [0.3, 0.4) is 0 Å². The number of fused-ring (bicyclic) bond motifs is 1. The van der Waals surface area contributed by atoms with Crippen LogP contribution in [-0.2, 0) is 29.0 Å². The molecule has 9 heteroatoms. The monoisotopic (exact) mass is 476 g/mol. The number of nitrogens with zero attached hydrogens (tertiary/aromatic N) is 5. The Labute approximate surface area is 204 Å². The Morgan fingerprint density at radius 3 is 2.71 bits per heavy atom. The van der Waals surface area contributed by atoms with E-state index >= 15 is 0 Å². The van der Waals surface area contributed by atoms with E-state index in [0.29, 0.717) is 11.6 Å². The largest absolute Gasteiger partial charge is 0.458 e. The number of hydrogen-bond donors (Lipinski definition) is 1. The number of tetrazole rings is 1. The smallest absolute Gasteiger partial charge is 0.251 e. The van der Waals surface area contributed by atoms with Crippen LogP contribution in [0, 0.1) is 6.92 Å². The summed E-state index contributed by atoms with van der Waals surface area (Å²) in [6, 6.07) is 9.84. The summed E-state index contributed by atoms with van der Waals surface area (Å²) in [5, 5.41) is 15.6. The van der Waals surface area contributed by atoms with Crippen molar-refractivity contribution in [3.8, 4) is 11.6 Å². The second-order valence-electron chi connectivity index (χ2n) is 9.56. The van der Waals surface area contributed by atoms with Crippen LogP contribution in [0.5, 0.6) is 0 Å². The zero-order valence-corrected chi connectivity index (χ0v) is 20.2. The van der Waals surface area contributed by atoms with Gasteiger partial charge in [0.25, 0.3) is 5.91 Å². The van der Waals surface area contributed by atoms with E-state index in [-0.39, 0.29) is 30.9 Å². The highest BCUT2D eigenvalue weighted by Gasteiger charge is 2.26. The van der Waals surface area contributed by atoms with Crippen molar-refractivity contribution in [3.05, 3.63) is 47.2 Å². The molecule has 2 aliphatic carbocycles. The van der Waals surface area contributed by atoms with Crippen molar-refractivity contribution in [1.82, 2.24) is 25.5 Å². The molecule has 1 fully saturated rings. The van der Waals surface area contributed by atoms with Gasteiger partial charge < -0.3 is 14.6 Å². The second-order valence-corrected chi connectivity index (χ2v) is 9.56. The first kappa shape index (κ1) is 23.3. The molecule has 0 radical (unpaired) electrons. The lowest BCUT2D eigenvalue weighted by Gasteiger charge is -2.29. The molecule has 5 rings (SSSR count). The highest BCUT2D eigenvalue weighted by atomic mass is 16.3. The predicted octanol–water partition coefficient (Wildman–Crippen LogP) is 3.60. The third kappa shape index (κ3) is 5.44. The number of benzene rings is 1. The molecule has 2 heterocycles. The van der Waals surface area contributed by atoms with Crippen LogP contribution in [0.1, 0.15) is 61.8 Å². The molecular weight excluding hydrogens is 444 g/mol. The van der Waals surface area contributed by atoms with Gasteiger partial charge >= 0.3 is 0 Å². The van der Waals surface area contributed by atoms with Gasteiger partial charge in [-0.3, -0.25) is 9.59 Å². The third-order valence-corrected chi connectivity index (χ3v) is 6.93. The molecule has 0 bridgehead atoms. The molecule has 0 unspecified atom stereocenters. The maximum absolute atomic E-state index is 13.6. The molecule has 2 aromatic heterocycles. The standard InChI is InChI=1S/C26H32N6O3/c1-18-14-15-23(35-18)26-28-30-32(29-26)17-25(34)31(16-24(33)27-20-10-3-2-4-11-20)22-13-7-9-19-8-5-6-12-21(19)22/h7,9,13-15,20H,2-6,8,10-12,16-17H2,1H3,(H,27,33). The Balaban J connectivity index is 1.37. The summed E-state index contributed by atoms with van der Waals surface area (Å²) in [5.74, 6) is 1.20. The summed E-state index contributed by atoms with van der Waals surface area (Å²) in [6.07, 6.45) is 9.61. The summed E-state index contributed by atoms with van der Waals surface area (Å²) in [5.41, 5.74) is 3.23. The molecule has 2 aliphatic rings. The van der Waals surface area contributed by atoms with E-state index in [1.807, 2.05) is 25.1 Å². The van der Waals surface area contributed by atoms with E-state index in [9.17, 15) is 9.59 Å². The number of hydrogen-bond acceptors (Lipinski definition) is 6. The normalized spacial score (nSPS) is 16.0. The van der Waals surface area contributed by atoms with Crippen LogP contribution < -0.4 is 10.2 Å². The maximum Gasteiger partial charge on any atom is 0.251 e. The Kier molecular flexibility index (Phi) is 6.92. The highest BCUT2D eigenvalue weighted by molar-refractivity contribution is 5.99. The van der Waals surface area contributed by atoms with E-state index in [1.165, 1.54) is 16.8 Å².